The summed E-state index contributed by atoms with van der Waals surface area (Å²) in [4.78, 5) is 28.8. The van der Waals surface area contributed by atoms with E-state index in [0.717, 1.165) is 15.4 Å². The van der Waals surface area contributed by atoms with Crippen LogP contribution in [0.1, 0.15) is 43.9 Å². The standard InChI is InChI=1S/C30H35Cl2N3O4S/c1-6-27(30(37)33-20(2)3)34(18-23-15-16-24(31)17-26(23)32)29(36)19-35(28-14-10-11-21(4)22(28)5)40(38,39)25-12-8-7-9-13-25/h7-17,20,27H,6,18-19H2,1-5H3,(H,33,37)/t27-/m0/s1. The van der Waals surface area contributed by atoms with Crippen molar-refractivity contribution in [1.29, 1.82) is 0 Å². The molecule has 0 bridgehead atoms. The molecule has 3 aromatic rings. The SMILES string of the molecule is CC[C@@H](C(=O)NC(C)C)N(Cc1ccc(Cl)cc1Cl)C(=O)CN(c1cccc(C)c1C)S(=O)(=O)c1ccccc1. The molecule has 0 aromatic heterocycles. The van der Waals surface area contributed by atoms with Gasteiger partial charge in [-0.05, 0) is 81.1 Å². The summed E-state index contributed by atoms with van der Waals surface area (Å²) in [6, 6.07) is 17.2. The van der Waals surface area contributed by atoms with Crippen molar-refractivity contribution in [3.05, 3.63) is 93.5 Å². The van der Waals surface area contributed by atoms with Crippen LogP contribution >= 0.6 is 23.2 Å². The molecule has 10 heteroatoms. The molecular weight excluding hydrogens is 569 g/mol. The highest BCUT2D eigenvalue weighted by molar-refractivity contribution is 7.92. The Balaban J connectivity index is 2.12. The average molecular weight is 605 g/mol. The number of sulfonamides is 1. The molecule has 3 rings (SSSR count). The third kappa shape index (κ3) is 7.36. The second kappa shape index (κ2) is 13.5. The summed E-state index contributed by atoms with van der Waals surface area (Å²) in [5, 5.41) is 3.65. The molecule has 7 nitrogen and oxygen atoms in total. The second-order valence-corrected chi connectivity index (χ2v) is 12.6. The largest absolute Gasteiger partial charge is 0.352 e. The Bertz CT molecular complexity index is 1460. The average Bonchev–Trinajstić information content (AvgIpc) is 2.90. The number of rotatable bonds is 11. The third-order valence-electron chi connectivity index (χ3n) is 6.63. The van der Waals surface area contributed by atoms with Gasteiger partial charge in [0.25, 0.3) is 10.0 Å². The summed E-state index contributed by atoms with van der Waals surface area (Å²) in [7, 11) is -4.14. The summed E-state index contributed by atoms with van der Waals surface area (Å²) in [5.41, 5.74) is 2.58. The van der Waals surface area contributed by atoms with Crippen molar-refractivity contribution in [3.63, 3.8) is 0 Å². The maximum Gasteiger partial charge on any atom is 0.264 e. The van der Waals surface area contributed by atoms with Crippen LogP contribution in [0.5, 0.6) is 0 Å². The Morgan fingerprint density at radius 3 is 2.23 bits per heavy atom. The number of benzene rings is 3. The molecule has 0 spiro atoms. The Labute approximate surface area is 247 Å². The van der Waals surface area contributed by atoms with Gasteiger partial charge in [0, 0.05) is 22.6 Å². The van der Waals surface area contributed by atoms with Gasteiger partial charge in [0.2, 0.25) is 11.8 Å². The van der Waals surface area contributed by atoms with Gasteiger partial charge in [-0.15, -0.1) is 0 Å². The molecule has 2 amide bonds. The molecule has 0 radical (unpaired) electrons. The van der Waals surface area contributed by atoms with Crippen LogP contribution in [-0.4, -0.2) is 43.8 Å². The van der Waals surface area contributed by atoms with Gasteiger partial charge >= 0.3 is 0 Å². The van der Waals surface area contributed by atoms with Gasteiger partial charge in [0.15, 0.2) is 0 Å². The molecule has 0 fully saturated rings. The minimum Gasteiger partial charge on any atom is -0.352 e. The molecule has 3 aromatic carbocycles. The van der Waals surface area contributed by atoms with Crippen molar-refractivity contribution < 1.29 is 18.0 Å². The first kappa shape index (κ1) is 31.5. The lowest BCUT2D eigenvalue weighted by molar-refractivity contribution is -0.140. The molecule has 1 N–H and O–H groups in total. The molecule has 0 saturated heterocycles. The van der Waals surface area contributed by atoms with E-state index in [4.69, 9.17) is 23.2 Å². The van der Waals surface area contributed by atoms with Crippen LogP contribution in [0.4, 0.5) is 5.69 Å². The van der Waals surface area contributed by atoms with Gasteiger partial charge in [0.1, 0.15) is 12.6 Å². The van der Waals surface area contributed by atoms with Crippen LogP contribution in [-0.2, 0) is 26.2 Å². The van der Waals surface area contributed by atoms with Crippen LogP contribution in [0.2, 0.25) is 10.0 Å². The first-order valence-corrected chi connectivity index (χ1v) is 15.2. The van der Waals surface area contributed by atoms with Crippen molar-refractivity contribution in [2.75, 3.05) is 10.8 Å². The lowest BCUT2D eigenvalue weighted by atomic mass is 10.1. The van der Waals surface area contributed by atoms with Gasteiger partial charge in [-0.1, -0.05) is 66.5 Å². The topological polar surface area (TPSA) is 86.8 Å². The van der Waals surface area contributed by atoms with Crippen LogP contribution in [0.15, 0.2) is 71.6 Å². The first-order chi connectivity index (χ1) is 18.9. The highest BCUT2D eigenvalue weighted by atomic mass is 35.5. The molecule has 0 aliphatic carbocycles. The normalized spacial score (nSPS) is 12.2. The van der Waals surface area contributed by atoms with Crippen molar-refractivity contribution in [2.45, 2.75) is 64.6 Å². The van der Waals surface area contributed by atoms with Crippen molar-refractivity contribution in [2.24, 2.45) is 0 Å². The zero-order valence-corrected chi connectivity index (χ0v) is 25.6. The Morgan fingerprint density at radius 1 is 0.950 bits per heavy atom. The van der Waals surface area contributed by atoms with Gasteiger partial charge in [0.05, 0.1) is 10.6 Å². The number of nitrogens with zero attached hydrogens (tertiary/aromatic N) is 2. The fourth-order valence-electron chi connectivity index (χ4n) is 4.37. The second-order valence-electron chi connectivity index (χ2n) is 9.89. The maximum absolute atomic E-state index is 14.1. The van der Waals surface area contributed by atoms with Crippen LogP contribution < -0.4 is 9.62 Å². The molecule has 40 heavy (non-hydrogen) atoms. The van der Waals surface area contributed by atoms with Crippen molar-refractivity contribution >= 4 is 50.7 Å². The van der Waals surface area contributed by atoms with E-state index in [1.54, 1.807) is 55.5 Å². The van der Waals surface area contributed by atoms with Crippen LogP contribution in [0.25, 0.3) is 0 Å². The monoisotopic (exact) mass is 603 g/mol. The fraction of sp³-hybridized carbons (Fsp3) is 0.333. The number of halogens is 2. The number of carbonyl (C=O) groups excluding carboxylic acids is 2. The van der Waals surface area contributed by atoms with E-state index in [1.165, 1.54) is 17.0 Å². The summed E-state index contributed by atoms with van der Waals surface area (Å²) >= 11 is 12.5. The molecule has 214 valence electrons. The van der Waals surface area contributed by atoms with Gasteiger partial charge < -0.3 is 10.2 Å². The number of carbonyl (C=O) groups is 2. The van der Waals surface area contributed by atoms with Gasteiger partial charge in [-0.25, -0.2) is 8.42 Å². The lowest BCUT2D eigenvalue weighted by Crippen LogP contribution is -2.53. The van der Waals surface area contributed by atoms with E-state index in [1.807, 2.05) is 33.8 Å². The Hall–Kier alpha value is -3.07. The summed E-state index contributed by atoms with van der Waals surface area (Å²) < 4.78 is 29.0. The van der Waals surface area contributed by atoms with Crippen LogP contribution in [0.3, 0.4) is 0 Å². The number of hydrogen-bond donors (Lipinski definition) is 1. The highest BCUT2D eigenvalue weighted by Gasteiger charge is 2.34. The Kier molecular flexibility index (Phi) is 10.6. The highest BCUT2D eigenvalue weighted by Crippen LogP contribution is 2.30. The number of nitrogens with one attached hydrogen (secondary N) is 1. The van der Waals surface area contributed by atoms with Gasteiger partial charge in [-0.2, -0.15) is 0 Å². The number of amides is 2. The number of hydrogen-bond acceptors (Lipinski definition) is 4. The van der Waals surface area contributed by atoms with E-state index in [2.05, 4.69) is 5.32 Å². The Morgan fingerprint density at radius 2 is 1.62 bits per heavy atom. The van der Waals surface area contributed by atoms with Crippen LogP contribution in [0, 0.1) is 13.8 Å². The number of aryl methyl sites for hydroxylation is 1. The molecule has 0 unspecified atom stereocenters. The summed E-state index contributed by atoms with van der Waals surface area (Å²) in [6.45, 7) is 8.65. The maximum atomic E-state index is 14.1. The predicted molar refractivity (Wildman–Crippen MR) is 161 cm³/mol. The van der Waals surface area contributed by atoms with Crippen molar-refractivity contribution in [1.82, 2.24) is 10.2 Å². The zero-order chi connectivity index (χ0) is 29.6. The van der Waals surface area contributed by atoms with E-state index in [9.17, 15) is 18.0 Å². The fourth-order valence-corrected chi connectivity index (χ4v) is 6.33. The third-order valence-corrected chi connectivity index (χ3v) is 8.99. The molecule has 1 atom stereocenters. The molecule has 0 aliphatic heterocycles. The molecule has 0 aliphatic rings. The smallest absolute Gasteiger partial charge is 0.264 e. The first-order valence-electron chi connectivity index (χ1n) is 13.0. The summed E-state index contributed by atoms with van der Waals surface area (Å²) in [5.74, 6) is -0.877. The quantitative estimate of drug-likeness (QED) is 0.285. The molecule has 0 heterocycles. The van der Waals surface area contributed by atoms with Crippen molar-refractivity contribution in [3.8, 4) is 0 Å². The minimum absolute atomic E-state index is 0.00905. The van der Waals surface area contributed by atoms with E-state index >= 15 is 0 Å². The minimum atomic E-state index is -4.14. The lowest BCUT2D eigenvalue weighted by Gasteiger charge is -2.34. The van der Waals surface area contributed by atoms with E-state index in [-0.39, 0.29) is 23.4 Å². The summed E-state index contributed by atoms with van der Waals surface area (Å²) in [6.07, 6.45) is 0.310. The van der Waals surface area contributed by atoms with Gasteiger partial charge in [-0.3, -0.25) is 13.9 Å². The number of anilines is 1. The molecular formula is C30H35Cl2N3O4S. The molecule has 0 saturated carbocycles. The zero-order valence-electron chi connectivity index (χ0n) is 23.3. The van der Waals surface area contributed by atoms with E-state index < -0.39 is 28.5 Å². The van der Waals surface area contributed by atoms with E-state index in [0.29, 0.717) is 27.7 Å². The predicted octanol–water partition coefficient (Wildman–Crippen LogP) is 6.14.